The lowest BCUT2D eigenvalue weighted by molar-refractivity contribution is -0.167. The monoisotopic (exact) mass is 487 g/mol. The number of pyridine rings is 1. The van der Waals surface area contributed by atoms with E-state index in [2.05, 4.69) is 31.8 Å². The molecule has 0 saturated heterocycles. The fraction of sp³-hybridized carbons (Fsp3) is 0.714. The van der Waals surface area contributed by atoms with E-state index in [9.17, 15) is 4.79 Å². The van der Waals surface area contributed by atoms with Gasteiger partial charge in [0.2, 0.25) is 5.78 Å². The molecule has 188 valence electrons. The largest absolute Gasteiger partial charge is 0.372 e. The number of thioether (sulfide) groups is 1. The van der Waals surface area contributed by atoms with E-state index in [0.717, 1.165) is 42.4 Å². The van der Waals surface area contributed by atoms with Crippen molar-refractivity contribution in [1.29, 1.82) is 0 Å². The molecule has 0 bridgehead atoms. The molecule has 0 unspecified atom stereocenters. The molecule has 0 aliphatic heterocycles. The third-order valence-electron chi connectivity index (χ3n) is 7.10. The van der Waals surface area contributed by atoms with Gasteiger partial charge in [-0.1, -0.05) is 39.0 Å². The molecule has 1 aromatic rings. The first-order valence-corrected chi connectivity index (χ1v) is 13.9. The van der Waals surface area contributed by atoms with Crippen LogP contribution in [0.15, 0.2) is 12.3 Å². The number of carbonyl (C=O) groups excluding carboxylic acids is 1. The minimum absolute atomic E-state index is 0.0412. The fourth-order valence-electron chi connectivity index (χ4n) is 4.91. The van der Waals surface area contributed by atoms with Gasteiger partial charge in [-0.05, 0) is 72.1 Å². The molecule has 1 fully saturated rings. The van der Waals surface area contributed by atoms with Gasteiger partial charge in [-0.15, -0.1) is 0 Å². The van der Waals surface area contributed by atoms with Crippen LogP contribution >= 0.6 is 11.8 Å². The second-order valence-corrected chi connectivity index (χ2v) is 11.0. The summed E-state index contributed by atoms with van der Waals surface area (Å²) in [5.41, 5.74) is 2.58. The number of methoxy groups -OCH3 is 2. The van der Waals surface area contributed by atoms with E-state index in [0.29, 0.717) is 12.3 Å². The minimum Gasteiger partial charge on any atom is -0.372 e. The highest BCUT2D eigenvalue weighted by Gasteiger charge is 2.45. The molecule has 0 amide bonds. The van der Waals surface area contributed by atoms with Crippen LogP contribution in [0.4, 0.5) is 0 Å². The Morgan fingerprint density at radius 3 is 2.74 bits per heavy atom. The third kappa shape index (κ3) is 7.31. The molecule has 1 saturated carbocycles. The molecule has 3 atom stereocenters. The summed E-state index contributed by atoms with van der Waals surface area (Å²) >= 11 is 1.85. The Balaban J connectivity index is 1.87. The summed E-state index contributed by atoms with van der Waals surface area (Å²) in [5, 5.41) is 0. The van der Waals surface area contributed by atoms with Gasteiger partial charge in [-0.2, -0.15) is 11.8 Å². The van der Waals surface area contributed by atoms with Crippen LogP contribution in [0.2, 0.25) is 0 Å². The predicted octanol–water partition coefficient (Wildman–Crippen LogP) is 4.89. The Bertz CT molecular complexity index is 860. The van der Waals surface area contributed by atoms with Gasteiger partial charge < -0.3 is 14.2 Å². The number of Topliss-reactive ketones (excluding diaryl/α,β-unsaturated/α-hetero) is 1. The Hall–Kier alpha value is -1.39. The number of hydrogen-bond acceptors (Lipinski definition) is 6. The first-order chi connectivity index (χ1) is 16.5. The van der Waals surface area contributed by atoms with E-state index in [1.807, 2.05) is 18.0 Å². The Morgan fingerprint density at radius 2 is 2.03 bits per heavy atom. The van der Waals surface area contributed by atoms with Gasteiger partial charge >= 0.3 is 0 Å². The molecule has 0 radical (unpaired) electrons. The maximum absolute atomic E-state index is 13.6. The highest BCUT2D eigenvalue weighted by molar-refractivity contribution is 7.99. The molecule has 0 aromatic carbocycles. The lowest BCUT2D eigenvalue weighted by Crippen LogP contribution is -2.50. The van der Waals surface area contributed by atoms with Crippen LogP contribution in [0.3, 0.4) is 0 Å². The van der Waals surface area contributed by atoms with Crippen molar-refractivity contribution in [3.05, 3.63) is 29.1 Å². The third-order valence-corrected chi connectivity index (χ3v) is 8.54. The second-order valence-electron chi connectivity index (χ2n) is 9.85. The Kier molecular flexibility index (Phi) is 10.9. The van der Waals surface area contributed by atoms with Crippen LogP contribution in [0.25, 0.3) is 0 Å². The van der Waals surface area contributed by atoms with Crippen LogP contribution < -0.4 is 0 Å². The number of rotatable bonds is 15. The van der Waals surface area contributed by atoms with Crippen molar-refractivity contribution in [2.75, 3.05) is 39.1 Å². The first kappa shape index (κ1) is 27.2. The average molecular weight is 488 g/mol. The van der Waals surface area contributed by atoms with Crippen molar-refractivity contribution in [2.24, 2.45) is 17.8 Å². The highest BCUT2D eigenvalue weighted by atomic mass is 32.2. The molecule has 3 rings (SSSR count). The van der Waals surface area contributed by atoms with Gasteiger partial charge in [0.1, 0.15) is 13.4 Å². The summed E-state index contributed by atoms with van der Waals surface area (Å²) in [6.45, 7) is 4.52. The molecule has 1 heterocycles. The van der Waals surface area contributed by atoms with Crippen molar-refractivity contribution >= 4 is 17.5 Å². The van der Waals surface area contributed by atoms with E-state index in [1.54, 1.807) is 14.2 Å². The smallest absolute Gasteiger partial charge is 0.238 e. The van der Waals surface area contributed by atoms with Crippen LogP contribution in [-0.4, -0.2) is 55.5 Å². The lowest BCUT2D eigenvalue weighted by atomic mass is 9.80. The van der Waals surface area contributed by atoms with E-state index < -0.39 is 5.60 Å². The van der Waals surface area contributed by atoms with Gasteiger partial charge in [-0.25, -0.2) is 0 Å². The quantitative estimate of drug-likeness (QED) is 0.152. The zero-order valence-corrected chi connectivity index (χ0v) is 22.2. The number of fused-ring (bicyclic) bond motifs is 1. The van der Waals surface area contributed by atoms with Crippen LogP contribution in [-0.2, 0) is 38.3 Å². The number of ether oxygens (including phenoxy) is 3. The van der Waals surface area contributed by atoms with Crippen molar-refractivity contribution in [1.82, 2.24) is 4.98 Å². The summed E-state index contributed by atoms with van der Waals surface area (Å²) in [6.07, 6.45) is 11.0. The predicted molar refractivity (Wildman–Crippen MR) is 138 cm³/mol. The first-order valence-electron chi connectivity index (χ1n) is 12.7. The van der Waals surface area contributed by atoms with Crippen LogP contribution in [0, 0.1) is 29.6 Å². The highest BCUT2D eigenvalue weighted by Crippen LogP contribution is 2.39. The van der Waals surface area contributed by atoms with Crippen LogP contribution in [0.1, 0.15) is 62.8 Å². The number of carbonyl (C=O) groups is 1. The van der Waals surface area contributed by atoms with Crippen molar-refractivity contribution in [3.63, 3.8) is 0 Å². The molecule has 0 N–H and O–H groups in total. The van der Waals surface area contributed by atoms with Gasteiger partial charge in [0.25, 0.3) is 0 Å². The van der Waals surface area contributed by atoms with E-state index in [-0.39, 0.29) is 25.1 Å². The maximum Gasteiger partial charge on any atom is 0.238 e. The molecule has 5 nitrogen and oxygen atoms in total. The molecule has 2 aliphatic carbocycles. The zero-order chi connectivity index (χ0) is 24.4. The van der Waals surface area contributed by atoms with Gasteiger partial charge in [0.05, 0.1) is 0 Å². The SMILES string of the molecule is CCCSC[C@H](C)[C@@](Cc1nccc2c1C[C@H](CCC1CC1)C2)(OCOC)C(=O)C#CCOC. The molecular weight excluding hydrogens is 446 g/mol. The molecular formula is C28H41NO4S. The van der Waals surface area contributed by atoms with Crippen LogP contribution in [0.5, 0.6) is 0 Å². The number of hydrogen-bond donors (Lipinski definition) is 0. The fourth-order valence-corrected chi connectivity index (χ4v) is 5.99. The standard InChI is InChI=1S/C28H41NO4S/c1-5-15-34-19-21(2)28(33-20-32-4,27(30)7-6-14-31-3)18-26-25-17-23(11-10-22-8-9-22)16-24(25)12-13-29-26/h12-13,21-23H,5,8-11,14-20H2,1-4H3/t21-,23+,28+/m0/s1. The summed E-state index contributed by atoms with van der Waals surface area (Å²) in [6, 6.07) is 2.16. The summed E-state index contributed by atoms with van der Waals surface area (Å²) < 4.78 is 16.6. The Labute approximate surface area is 210 Å². The summed E-state index contributed by atoms with van der Waals surface area (Å²) in [4.78, 5) is 18.4. The molecule has 0 spiro atoms. The summed E-state index contributed by atoms with van der Waals surface area (Å²) in [7, 11) is 3.17. The van der Waals surface area contributed by atoms with E-state index in [1.165, 1.54) is 36.8 Å². The lowest BCUT2D eigenvalue weighted by Gasteiger charge is -2.36. The van der Waals surface area contributed by atoms with E-state index >= 15 is 0 Å². The summed E-state index contributed by atoms with van der Waals surface area (Å²) in [5.74, 6) is 8.90. The molecule has 1 aromatic heterocycles. The van der Waals surface area contributed by atoms with Gasteiger partial charge in [0.15, 0.2) is 5.60 Å². The topological polar surface area (TPSA) is 57.7 Å². The van der Waals surface area contributed by atoms with Gasteiger partial charge in [-0.3, -0.25) is 9.78 Å². The molecule has 34 heavy (non-hydrogen) atoms. The second kappa shape index (κ2) is 13.6. The zero-order valence-electron chi connectivity index (χ0n) is 21.4. The van der Waals surface area contributed by atoms with Gasteiger partial charge in [0, 0.05) is 38.4 Å². The number of ketones is 1. The van der Waals surface area contributed by atoms with Crippen molar-refractivity contribution in [2.45, 2.75) is 70.8 Å². The molecule has 6 heteroatoms. The van der Waals surface area contributed by atoms with E-state index in [4.69, 9.17) is 19.2 Å². The number of nitrogens with zero attached hydrogens (tertiary/aromatic N) is 1. The van der Waals surface area contributed by atoms with Crippen molar-refractivity contribution in [3.8, 4) is 11.8 Å². The normalized spacial score (nSPS) is 19.7. The Morgan fingerprint density at radius 1 is 1.24 bits per heavy atom. The van der Waals surface area contributed by atoms with Crippen molar-refractivity contribution < 1.29 is 19.0 Å². The average Bonchev–Trinajstić information content (AvgIpc) is 3.57. The minimum atomic E-state index is -1.11. The number of aromatic nitrogens is 1. The molecule has 2 aliphatic rings. The maximum atomic E-state index is 13.6.